The molecule has 0 fully saturated rings. The third-order valence-electron chi connectivity index (χ3n) is 5.73. The van der Waals surface area contributed by atoms with Gasteiger partial charge in [0.2, 0.25) is 0 Å². The number of aromatic amines is 1. The van der Waals surface area contributed by atoms with Crippen molar-refractivity contribution in [1.29, 1.82) is 0 Å². The van der Waals surface area contributed by atoms with E-state index in [1.54, 1.807) is 58.2 Å². The molecule has 1 aliphatic rings. The van der Waals surface area contributed by atoms with E-state index in [-0.39, 0.29) is 17.4 Å². The summed E-state index contributed by atoms with van der Waals surface area (Å²) >= 11 is 1.29. The molecule has 192 valence electrons. The molecule has 0 radical (unpaired) electrons. The highest BCUT2D eigenvalue weighted by molar-refractivity contribution is 7.98. The molecule has 37 heavy (non-hydrogen) atoms. The lowest BCUT2D eigenvalue weighted by molar-refractivity contribution is -0.384. The first-order valence-corrected chi connectivity index (χ1v) is 12.5. The van der Waals surface area contributed by atoms with Crippen LogP contribution in [0.2, 0.25) is 0 Å². The van der Waals surface area contributed by atoms with Gasteiger partial charge < -0.3 is 19.8 Å². The van der Waals surface area contributed by atoms with Gasteiger partial charge in [-0.25, -0.2) is 9.78 Å². The number of fused-ring (bicyclic) bond motifs is 1. The first-order valence-electron chi connectivity index (χ1n) is 11.5. The maximum atomic E-state index is 13.4. The lowest BCUT2D eigenvalue weighted by Gasteiger charge is -2.29. The van der Waals surface area contributed by atoms with Crippen molar-refractivity contribution in [1.82, 2.24) is 9.97 Å². The summed E-state index contributed by atoms with van der Waals surface area (Å²) in [6.07, 6.45) is -0.338. The number of esters is 1. The molecule has 0 saturated heterocycles. The number of carbonyl (C=O) groups excluding carboxylic acids is 1. The Morgan fingerprint density at radius 3 is 2.59 bits per heavy atom. The Hall–Kier alpha value is -4.12. The van der Waals surface area contributed by atoms with Crippen molar-refractivity contribution < 1.29 is 19.2 Å². The summed E-state index contributed by atoms with van der Waals surface area (Å²) in [6.45, 7) is 5.28. The number of methoxy groups -OCH3 is 1. The van der Waals surface area contributed by atoms with E-state index in [0.717, 1.165) is 5.56 Å². The normalized spacial score (nSPS) is 14.7. The number of aromatic nitrogens is 2. The number of nitro groups is 1. The van der Waals surface area contributed by atoms with E-state index in [1.807, 2.05) is 6.07 Å². The number of thioether (sulfide) groups is 1. The zero-order valence-electron chi connectivity index (χ0n) is 20.7. The zero-order chi connectivity index (χ0) is 26.7. The van der Waals surface area contributed by atoms with Crippen molar-refractivity contribution in [3.05, 3.63) is 97.0 Å². The molecule has 2 heterocycles. The molecule has 0 saturated carbocycles. The molecule has 3 aromatic rings. The number of H-pyrrole nitrogens is 1. The summed E-state index contributed by atoms with van der Waals surface area (Å²) in [5, 5.41) is 14.4. The summed E-state index contributed by atoms with van der Waals surface area (Å²) < 4.78 is 10.9. The van der Waals surface area contributed by atoms with Crippen molar-refractivity contribution >= 4 is 29.2 Å². The largest absolute Gasteiger partial charge is 0.497 e. The number of allylic oxidation sites excluding steroid dienone is 1. The number of nitro benzene ring substituents is 1. The molecule has 1 aromatic heterocycles. The molecule has 0 bridgehead atoms. The fraction of sp³-hybridized carbons (Fsp3) is 0.269. The van der Waals surface area contributed by atoms with Crippen LogP contribution >= 0.6 is 11.8 Å². The highest BCUT2D eigenvalue weighted by Gasteiger charge is 2.37. The van der Waals surface area contributed by atoms with Gasteiger partial charge in [-0.2, -0.15) is 0 Å². The van der Waals surface area contributed by atoms with Crippen molar-refractivity contribution in [2.75, 3.05) is 12.4 Å². The van der Waals surface area contributed by atoms with Crippen LogP contribution in [-0.4, -0.2) is 34.1 Å². The molecule has 10 nitrogen and oxygen atoms in total. The average molecular weight is 523 g/mol. The Balaban J connectivity index is 1.72. The fourth-order valence-corrected chi connectivity index (χ4v) is 4.88. The van der Waals surface area contributed by atoms with Crippen molar-refractivity contribution in [3.63, 3.8) is 0 Å². The predicted molar refractivity (Wildman–Crippen MR) is 140 cm³/mol. The van der Waals surface area contributed by atoms with Crippen LogP contribution in [0, 0.1) is 10.1 Å². The Kier molecular flexibility index (Phi) is 7.63. The van der Waals surface area contributed by atoms with Crippen LogP contribution in [0.25, 0.3) is 0 Å². The predicted octanol–water partition coefficient (Wildman–Crippen LogP) is 4.76. The van der Waals surface area contributed by atoms with Gasteiger partial charge in [-0.15, -0.1) is 0 Å². The monoisotopic (exact) mass is 522 g/mol. The van der Waals surface area contributed by atoms with E-state index in [0.29, 0.717) is 44.9 Å². The van der Waals surface area contributed by atoms with Crippen LogP contribution in [0.1, 0.15) is 43.4 Å². The van der Waals surface area contributed by atoms with E-state index < -0.39 is 16.8 Å². The number of hydrogen-bond acceptors (Lipinski definition) is 9. The molecule has 2 N–H and O–H groups in total. The first-order chi connectivity index (χ1) is 17.7. The third kappa shape index (κ3) is 5.67. The van der Waals surface area contributed by atoms with Crippen LogP contribution in [0.4, 0.5) is 11.5 Å². The van der Waals surface area contributed by atoms with Gasteiger partial charge in [-0.3, -0.25) is 14.9 Å². The molecular formula is C26H26N4O6S. The van der Waals surface area contributed by atoms with Crippen LogP contribution in [0.15, 0.2) is 69.8 Å². The van der Waals surface area contributed by atoms with Gasteiger partial charge >= 0.3 is 5.97 Å². The summed E-state index contributed by atoms with van der Waals surface area (Å²) in [7, 11) is 1.55. The first kappa shape index (κ1) is 26.0. The van der Waals surface area contributed by atoms with Gasteiger partial charge in [-0.1, -0.05) is 36.0 Å². The Labute approximate surface area is 217 Å². The highest BCUT2D eigenvalue weighted by Crippen LogP contribution is 2.41. The molecule has 0 spiro atoms. The van der Waals surface area contributed by atoms with Gasteiger partial charge in [0, 0.05) is 23.6 Å². The molecule has 2 aromatic carbocycles. The summed E-state index contributed by atoms with van der Waals surface area (Å²) in [5.41, 5.74) is 2.32. The fourth-order valence-electron chi connectivity index (χ4n) is 4.07. The smallest absolute Gasteiger partial charge is 0.337 e. The molecule has 4 rings (SSSR count). The maximum Gasteiger partial charge on any atom is 0.337 e. The van der Waals surface area contributed by atoms with Crippen LogP contribution in [0.3, 0.4) is 0 Å². The summed E-state index contributed by atoms with van der Waals surface area (Å²) in [5.74, 6) is 0.143. The van der Waals surface area contributed by atoms with E-state index in [9.17, 15) is 19.7 Å². The molecule has 1 aliphatic heterocycles. The zero-order valence-corrected chi connectivity index (χ0v) is 21.5. The number of benzene rings is 2. The van der Waals surface area contributed by atoms with Gasteiger partial charge in [0.05, 0.1) is 35.2 Å². The number of ether oxygens (including phenoxy) is 2. The molecule has 1 unspecified atom stereocenters. The molecular weight excluding hydrogens is 496 g/mol. The minimum Gasteiger partial charge on any atom is -0.497 e. The number of hydrogen-bond donors (Lipinski definition) is 2. The second-order valence-electron chi connectivity index (χ2n) is 8.67. The van der Waals surface area contributed by atoms with E-state index in [2.05, 4.69) is 15.3 Å². The Bertz CT molecular complexity index is 1430. The lowest BCUT2D eigenvalue weighted by Crippen LogP contribution is -2.31. The summed E-state index contributed by atoms with van der Waals surface area (Å²) in [4.78, 5) is 44.4. The topological polar surface area (TPSA) is 136 Å². The average Bonchev–Trinajstić information content (AvgIpc) is 2.86. The number of rotatable bonds is 8. The van der Waals surface area contributed by atoms with Crippen molar-refractivity contribution in [2.24, 2.45) is 0 Å². The van der Waals surface area contributed by atoms with Gasteiger partial charge in [0.15, 0.2) is 5.16 Å². The SMILES string of the molecule is COc1cccc(C2C(C(=O)OC(C)C)=C(C)Nc3nc(SCc4ccc([N+](=O)[O-])cc4)[nH]c(=O)c32)c1. The molecule has 0 amide bonds. The third-order valence-corrected chi connectivity index (χ3v) is 6.68. The quantitative estimate of drug-likeness (QED) is 0.141. The maximum absolute atomic E-state index is 13.4. The molecule has 1 atom stereocenters. The number of nitrogens with one attached hydrogen (secondary N) is 2. The standard InChI is InChI=1S/C26H26N4O6S/c1-14(2)36-25(32)20-15(3)27-23-22(21(20)17-6-5-7-19(12-17)35-4)24(31)29-26(28-23)37-13-16-8-10-18(11-9-16)30(33)34/h5-12,14,21H,13H2,1-4H3,(H2,27,28,29,31). The number of anilines is 1. The number of non-ortho nitro benzene ring substituents is 1. The Morgan fingerprint density at radius 1 is 1.22 bits per heavy atom. The Morgan fingerprint density at radius 2 is 1.95 bits per heavy atom. The van der Waals surface area contributed by atoms with E-state index in [1.165, 1.54) is 23.9 Å². The molecule has 11 heteroatoms. The second kappa shape index (κ2) is 10.9. The highest BCUT2D eigenvalue weighted by atomic mass is 32.2. The van der Waals surface area contributed by atoms with Crippen molar-refractivity contribution in [3.8, 4) is 5.75 Å². The minimum atomic E-state index is -0.720. The number of nitrogens with zero attached hydrogens (tertiary/aromatic N) is 2. The summed E-state index contributed by atoms with van der Waals surface area (Å²) in [6, 6.07) is 13.4. The minimum absolute atomic E-state index is 0.0101. The van der Waals surface area contributed by atoms with E-state index in [4.69, 9.17) is 9.47 Å². The number of carbonyl (C=O) groups is 1. The van der Waals surface area contributed by atoms with Crippen LogP contribution in [-0.2, 0) is 15.3 Å². The van der Waals surface area contributed by atoms with Crippen LogP contribution < -0.4 is 15.6 Å². The van der Waals surface area contributed by atoms with Gasteiger partial charge in [0.25, 0.3) is 11.2 Å². The lowest BCUT2D eigenvalue weighted by atomic mass is 9.82. The van der Waals surface area contributed by atoms with E-state index >= 15 is 0 Å². The molecule has 0 aliphatic carbocycles. The van der Waals surface area contributed by atoms with Gasteiger partial charge in [-0.05, 0) is 44.0 Å². The van der Waals surface area contributed by atoms with Gasteiger partial charge in [0.1, 0.15) is 11.6 Å². The van der Waals surface area contributed by atoms with Crippen molar-refractivity contribution in [2.45, 2.75) is 43.7 Å². The second-order valence-corrected chi connectivity index (χ2v) is 9.64. The van der Waals surface area contributed by atoms with Crippen LogP contribution in [0.5, 0.6) is 5.75 Å².